The number of nitrogens with one attached hydrogen (secondary N) is 2. The lowest BCUT2D eigenvalue weighted by Gasteiger charge is -2.10. The largest absolute Gasteiger partial charge is 0.382 e. The van der Waals surface area contributed by atoms with Gasteiger partial charge in [0.15, 0.2) is 0 Å². The van der Waals surface area contributed by atoms with Gasteiger partial charge in [-0.05, 0) is 39.1 Å². The monoisotopic (exact) mass is 248 g/mol. The maximum atomic E-state index is 11.9. The van der Waals surface area contributed by atoms with Crippen LogP contribution >= 0.6 is 0 Å². The van der Waals surface area contributed by atoms with E-state index in [1.165, 1.54) is 12.8 Å². The highest BCUT2D eigenvalue weighted by Crippen LogP contribution is 2.24. The van der Waals surface area contributed by atoms with Crippen molar-refractivity contribution in [2.45, 2.75) is 18.9 Å². The lowest BCUT2D eigenvalue weighted by Crippen LogP contribution is -2.31. The number of carbonyl (C=O) groups excluding carboxylic acids is 1. The number of likely N-dealkylation sites (N-methyl/N-ethyl adjacent to an activating group) is 1. The Balaban J connectivity index is 1.88. The first-order valence-corrected chi connectivity index (χ1v) is 6.30. The van der Waals surface area contributed by atoms with E-state index in [4.69, 9.17) is 0 Å². The molecule has 0 aliphatic heterocycles. The molecule has 0 spiro atoms. The number of aromatic nitrogens is 1. The SMILES string of the molecule is CN(C)CCNC(=O)c1cc(NC2CC2)ccn1. The minimum atomic E-state index is -0.115. The number of hydrogen-bond acceptors (Lipinski definition) is 4. The van der Waals surface area contributed by atoms with Gasteiger partial charge >= 0.3 is 0 Å². The van der Waals surface area contributed by atoms with Crippen molar-refractivity contribution in [1.82, 2.24) is 15.2 Å². The van der Waals surface area contributed by atoms with E-state index >= 15 is 0 Å². The lowest BCUT2D eigenvalue weighted by atomic mass is 10.3. The van der Waals surface area contributed by atoms with Crippen molar-refractivity contribution in [3.8, 4) is 0 Å². The van der Waals surface area contributed by atoms with Crippen molar-refractivity contribution >= 4 is 11.6 Å². The lowest BCUT2D eigenvalue weighted by molar-refractivity contribution is 0.0946. The summed E-state index contributed by atoms with van der Waals surface area (Å²) in [7, 11) is 3.95. The molecule has 1 fully saturated rings. The van der Waals surface area contributed by atoms with E-state index in [0.29, 0.717) is 18.3 Å². The van der Waals surface area contributed by atoms with Crippen LogP contribution in [0.3, 0.4) is 0 Å². The van der Waals surface area contributed by atoms with Gasteiger partial charge in [0.1, 0.15) is 5.69 Å². The van der Waals surface area contributed by atoms with Crippen molar-refractivity contribution < 1.29 is 4.79 Å². The summed E-state index contributed by atoms with van der Waals surface area (Å²) >= 11 is 0. The zero-order valence-corrected chi connectivity index (χ0v) is 10.9. The second kappa shape index (κ2) is 5.82. The van der Waals surface area contributed by atoms with Crippen LogP contribution in [0.2, 0.25) is 0 Å². The average molecular weight is 248 g/mol. The molecule has 5 nitrogen and oxygen atoms in total. The Bertz CT molecular complexity index is 415. The summed E-state index contributed by atoms with van der Waals surface area (Å²) in [5.41, 5.74) is 1.45. The fraction of sp³-hybridized carbons (Fsp3) is 0.538. The molecular formula is C13H20N4O. The normalized spacial score (nSPS) is 14.6. The van der Waals surface area contributed by atoms with E-state index in [1.54, 1.807) is 6.20 Å². The summed E-state index contributed by atoms with van der Waals surface area (Å²) in [6.07, 6.45) is 4.10. The van der Waals surface area contributed by atoms with E-state index in [2.05, 4.69) is 15.6 Å². The second-order valence-electron chi connectivity index (χ2n) is 4.91. The summed E-state index contributed by atoms with van der Waals surface area (Å²) in [4.78, 5) is 18.0. The molecule has 0 unspecified atom stereocenters. The van der Waals surface area contributed by atoms with Crippen LogP contribution in [0.5, 0.6) is 0 Å². The van der Waals surface area contributed by atoms with Crippen molar-refractivity contribution in [1.29, 1.82) is 0 Å². The number of hydrogen-bond donors (Lipinski definition) is 2. The molecule has 1 heterocycles. The first-order chi connectivity index (χ1) is 8.65. The fourth-order valence-electron chi connectivity index (χ4n) is 1.59. The van der Waals surface area contributed by atoms with Gasteiger partial charge in [0, 0.05) is 31.0 Å². The van der Waals surface area contributed by atoms with Gasteiger partial charge in [-0.2, -0.15) is 0 Å². The Hall–Kier alpha value is -1.62. The van der Waals surface area contributed by atoms with Crippen LogP contribution in [-0.2, 0) is 0 Å². The Morgan fingerprint density at radius 1 is 1.50 bits per heavy atom. The third kappa shape index (κ3) is 4.00. The molecule has 1 aromatic rings. The molecule has 18 heavy (non-hydrogen) atoms. The molecule has 2 rings (SSSR count). The number of rotatable bonds is 6. The van der Waals surface area contributed by atoms with Gasteiger partial charge in [0.25, 0.3) is 5.91 Å². The van der Waals surface area contributed by atoms with Crippen molar-refractivity contribution in [3.63, 3.8) is 0 Å². The zero-order valence-electron chi connectivity index (χ0n) is 10.9. The van der Waals surface area contributed by atoms with Gasteiger partial charge in [-0.3, -0.25) is 9.78 Å². The van der Waals surface area contributed by atoms with Gasteiger partial charge in [-0.25, -0.2) is 0 Å². The Morgan fingerprint density at radius 2 is 2.28 bits per heavy atom. The Morgan fingerprint density at radius 3 is 2.94 bits per heavy atom. The maximum Gasteiger partial charge on any atom is 0.269 e. The highest BCUT2D eigenvalue weighted by Gasteiger charge is 2.21. The molecule has 0 bridgehead atoms. The molecule has 1 aliphatic rings. The van der Waals surface area contributed by atoms with Crippen LogP contribution in [0, 0.1) is 0 Å². The minimum absolute atomic E-state index is 0.115. The first kappa shape index (κ1) is 12.8. The maximum absolute atomic E-state index is 11.9. The van der Waals surface area contributed by atoms with E-state index in [1.807, 2.05) is 31.1 Å². The quantitative estimate of drug-likeness (QED) is 0.787. The van der Waals surface area contributed by atoms with Crippen LogP contribution in [0.25, 0.3) is 0 Å². The van der Waals surface area contributed by atoms with Crippen molar-refractivity contribution in [2.75, 3.05) is 32.5 Å². The molecule has 98 valence electrons. The molecule has 0 aromatic carbocycles. The van der Waals surface area contributed by atoms with Crippen molar-refractivity contribution in [2.24, 2.45) is 0 Å². The van der Waals surface area contributed by atoms with Gasteiger partial charge < -0.3 is 15.5 Å². The summed E-state index contributed by atoms with van der Waals surface area (Å²) in [6, 6.07) is 4.29. The van der Waals surface area contributed by atoms with E-state index in [9.17, 15) is 4.79 Å². The molecular weight excluding hydrogens is 228 g/mol. The Kier molecular flexibility index (Phi) is 4.15. The van der Waals surface area contributed by atoms with E-state index in [-0.39, 0.29) is 5.91 Å². The molecule has 1 amide bonds. The number of amides is 1. The van der Waals surface area contributed by atoms with Gasteiger partial charge in [-0.15, -0.1) is 0 Å². The Labute approximate surface area is 108 Å². The third-order valence-corrected chi connectivity index (χ3v) is 2.79. The van der Waals surface area contributed by atoms with Crippen molar-refractivity contribution in [3.05, 3.63) is 24.0 Å². The molecule has 2 N–H and O–H groups in total. The second-order valence-corrected chi connectivity index (χ2v) is 4.91. The molecule has 5 heteroatoms. The molecule has 1 aromatic heterocycles. The summed E-state index contributed by atoms with van der Waals surface area (Å²) in [5, 5.41) is 6.21. The third-order valence-electron chi connectivity index (χ3n) is 2.79. The number of pyridine rings is 1. The summed E-state index contributed by atoms with van der Waals surface area (Å²) in [5.74, 6) is -0.115. The van der Waals surface area contributed by atoms with Crippen LogP contribution in [0.15, 0.2) is 18.3 Å². The van der Waals surface area contributed by atoms with E-state index in [0.717, 1.165) is 12.2 Å². The summed E-state index contributed by atoms with van der Waals surface area (Å²) in [6.45, 7) is 1.46. The predicted octanol–water partition coefficient (Wildman–Crippen LogP) is 0.947. The fourth-order valence-corrected chi connectivity index (χ4v) is 1.59. The number of anilines is 1. The predicted molar refractivity (Wildman–Crippen MR) is 71.8 cm³/mol. The van der Waals surface area contributed by atoms with Gasteiger partial charge in [0.2, 0.25) is 0 Å². The van der Waals surface area contributed by atoms with Crippen LogP contribution < -0.4 is 10.6 Å². The molecule has 0 atom stereocenters. The van der Waals surface area contributed by atoms with E-state index < -0.39 is 0 Å². The van der Waals surface area contributed by atoms with Crippen LogP contribution in [0.4, 0.5) is 5.69 Å². The molecule has 1 aliphatic carbocycles. The highest BCUT2D eigenvalue weighted by molar-refractivity contribution is 5.93. The zero-order chi connectivity index (χ0) is 13.0. The van der Waals surface area contributed by atoms with Gasteiger partial charge in [-0.1, -0.05) is 0 Å². The highest BCUT2D eigenvalue weighted by atomic mass is 16.1. The van der Waals surface area contributed by atoms with Crippen LogP contribution in [-0.4, -0.2) is 49.0 Å². The average Bonchev–Trinajstić information content (AvgIpc) is 3.13. The molecule has 1 saturated carbocycles. The van der Waals surface area contributed by atoms with Gasteiger partial charge in [0.05, 0.1) is 0 Å². The number of carbonyl (C=O) groups is 1. The summed E-state index contributed by atoms with van der Waals surface area (Å²) < 4.78 is 0. The first-order valence-electron chi connectivity index (χ1n) is 6.30. The smallest absolute Gasteiger partial charge is 0.269 e. The molecule has 0 radical (unpaired) electrons. The standard InChI is InChI=1S/C13H20N4O/c1-17(2)8-7-15-13(18)12-9-11(5-6-14-12)16-10-3-4-10/h5-6,9-10H,3-4,7-8H2,1-2H3,(H,14,16)(H,15,18). The number of nitrogens with zero attached hydrogens (tertiary/aromatic N) is 2. The van der Waals surface area contributed by atoms with Crippen LogP contribution in [0.1, 0.15) is 23.3 Å². The molecule has 0 saturated heterocycles. The topological polar surface area (TPSA) is 57.3 Å². The minimum Gasteiger partial charge on any atom is -0.382 e.